The van der Waals surface area contributed by atoms with Crippen LogP contribution in [-0.2, 0) is 6.54 Å². The highest BCUT2D eigenvalue weighted by atomic mass is 32.1. The quantitative estimate of drug-likeness (QED) is 0.460. The Morgan fingerprint density at radius 1 is 1.07 bits per heavy atom. The maximum Gasteiger partial charge on any atom is 0.110 e. The third-order valence-corrected chi connectivity index (χ3v) is 4.97. The zero-order valence-corrected chi connectivity index (χ0v) is 15.3. The molecule has 0 aliphatic carbocycles. The van der Waals surface area contributed by atoms with Gasteiger partial charge < -0.3 is 0 Å². The second-order valence-corrected chi connectivity index (χ2v) is 6.93. The van der Waals surface area contributed by atoms with E-state index in [2.05, 4.69) is 23.2 Å². The molecular formula is C22H16N4S. The number of aromatic nitrogens is 3. The van der Waals surface area contributed by atoms with Gasteiger partial charge in [-0.1, -0.05) is 42.5 Å². The van der Waals surface area contributed by atoms with Crippen molar-refractivity contribution in [3.63, 3.8) is 0 Å². The fraction of sp³-hybridized carbons (Fsp3) is 0.0455. The Morgan fingerprint density at radius 3 is 2.63 bits per heavy atom. The maximum atomic E-state index is 9.62. The van der Waals surface area contributed by atoms with Gasteiger partial charge in [0, 0.05) is 18.0 Å². The van der Waals surface area contributed by atoms with E-state index in [1.54, 1.807) is 17.5 Å². The van der Waals surface area contributed by atoms with Gasteiger partial charge in [-0.3, -0.25) is 9.67 Å². The van der Waals surface area contributed by atoms with Crippen LogP contribution < -0.4 is 0 Å². The highest BCUT2D eigenvalue weighted by Crippen LogP contribution is 2.29. The highest BCUT2D eigenvalue weighted by molar-refractivity contribution is 7.13. The molecular weight excluding hydrogens is 352 g/mol. The lowest BCUT2D eigenvalue weighted by atomic mass is 10.1. The SMILES string of the molecule is N#C/C(=C\c1cn(Cc2ccccc2)nc1-c1cccs1)c1ccccn1. The van der Waals surface area contributed by atoms with Crippen molar-refractivity contribution >= 4 is 23.0 Å². The van der Waals surface area contributed by atoms with E-state index in [1.807, 2.05) is 70.9 Å². The summed E-state index contributed by atoms with van der Waals surface area (Å²) in [6.45, 7) is 0.679. The normalized spacial score (nSPS) is 11.3. The molecule has 1 aromatic carbocycles. The predicted molar refractivity (Wildman–Crippen MR) is 109 cm³/mol. The molecule has 5 heteroatoms. The van der Waals surface area contributed by atoms with Gasteiger partial charge in [0.05, 0.1) is 22.7 Å². The largest absolute Gasteiger partial charge is 0.267 e. The lowest BCUT2D eigenvalue weighted by molar-refractivity contribution is 0.689. The third-order valence-electron chi connectivity index (χ3n) is 4.09. The second-order valence-electron chi connectivity index (χ2n) is 5.98. The molecule has 4 rings (SSSR count). The molecule has 0 spiro atoms. The van der Waals surface area contributed by atoms with Crippen LogP contribution in [0.2, 0.25) is 0 Å². The Bertz CT molecular complexity index is 1090. The first-order chi connectivity index (χ1) is 13.3. The topological polar surface area (TPSA) is 54.5 Å². The van der Waals surface area contributed by atoms with E-state index in [9.17, 15) is 5.26 Å². The molecule has 0 aliphatic heterocycles. The first kappa shape index (κ1) is 17.0. The van der Waals surface area contributed by atoms with Crippen molar-refractivity contribution in [2.45, 2.75) is 6.54 Å². The van der Waals surface area contributed by atoms with Crippen LogP contribution in [0.1, 0.15) is 16.8 Å². The van der Waals surface area contributed by atoms with Crippen molar-refractivity contribution in [2.24, 2.45) is 0 Å². The van der Waals surface area contributed by atoms with Crippen LogP contribution in [0.25, 0.3) is 22.2 Å². The Labute approximate surface area is 161 Å². The Morgan fingerprint density at radius 2 is 1.93 bits per heavy atom. The van der Waals surface area contributed by atoms with E-state index in [-0.39, 0.29) is 0 Å². The molecule has 0 fully saturated rings. The molecule has 0 atom stereocenters. The van der Waals surface area contributed by atoms with Crippen LogP contribution in [0.15, 0.2) is 78.4 Å². The number of nitriles is 1. The number of benzene rings is 1. The van der Waals surface area contributed by atoms with Crippen LogP contribution in [0.5, 0.6) is 0 Å². The first-order valence-electron chi connectivity index (χ1n) is 8.52. The molecule has 4 aromatic rings. The molecule has 4 nitrogen and oxygen atoms in total. The number of rotatable bonds is 5. The van der Waals surface area contributed by atoms with Gasteiger partial charge in [0.2, 0.25) is 0 Å². The zero-order chi connectivity index (χ0) is 18.5. The molecule has 0 bridgehead atoms. The van der Waals surface area contributed by atoms with Gasteiger partial charge in [-0.15, -0.1) is 11.3 Å². The number of hydrogen-bond acceptors (Lipinski definition) is 4. The van der Waals surface area contributed by atoms with Gasteiger partial charge in [-0.05, 0) is 35.2 Å². The average Bonchev–Trinajstić information content (AvgIpc) is 3.37. The standard InChI is InChI=1S/C22H16N4S/c23-14-18(20-9-4-5-11-24-20)13-19-16-26(15-17-7-2-1-3-8-17)25-22(19)21-10-6-12-27-21/h1-13,16H,15H2/b18-13+. The van der Waals surface area contributed by atoms with Gasteiger partial charge in [0.25, 0.3) is 0 Å². The van der Waals surface area contributed by atoms with E-state index in [1.165, 1.54) is 5.56 Å². The molecule has 0 saturated carbocycles. The summed E-state index contributed by atoms with van der Waals surface area (Å²) in [6.07, 6.45) is 5.55. The van der Waals surface area contributed by atoms with E-state index in [4.69, 9.17) is 5.10 Å². The summed E-state index contributed by atoms with van der Waals surface area (Å²) >= 11 is 1.64. The van der Waals surface area contributed by atoms with Crippen molar-refractivity contribution in [3.05, 3.63) is 95.3 Å². The number of nitrogens with zero attached hydrogens (tertiary/aromatic N) is 4. The minimum absolute atomic E-state index is 0.521. The number of allylic oxidation sites excluding steroid dienone is 1. The number of hydrogen-bond donors (Lipinski definition) is 0. The minimum atomic E-state index is 0.521. The zero-order valence-electron chi connectivity index (χ0n) is 14.5. The average molecular weight is 368 g/mol. The van der Waals surface area contributed by atoms with Crippen LogP contribution in [0.4, 0.5) is 0 Å². The van der Waals surface area contributed by atoms with Crippen molar-refractivity contribution in [1.29, 1.82) is 5.26 Å². The monoisotopic (exact) mass is 368 g/mol. The summed E-state index contributed by atoms with van der Waals surface area (Å²) in [7, 11) is 0. The second kappa shape index (κ2) is 7.81. The molecule has 0 radical (unpaired) electrons. The van der Waals surface area contributed by atoms with E-state index >= 15 is 0 Å². The molecule has 27 heavy (non-hydrogen) atoms. The van der Waals surface area contributed by atoms with Gasteiger partial charge in [0.1, 0.15) is 11.8 Å². The summed E-state index contributed by atoms with van der Waals surface area (Å²) in [5, 5.41) is 16.4. The lowest BCUT2D eigenvalue weighted by Crippen LogP contribution is -1.99. The van der Waals surface area contributed by atoms with Crippen LogP contribution in [0.3, 0.4) is 0 Å². The summed E-state index contributed by atoms with van der Waals surface area (Å²) in [4.78, 5) is 5.37. The summed E-state index contributed by atoms with van der Waals surface area (Å²) in [5.41, 5.74) is 4.15. The molecule has 3 heterocycles. The molecule has 0 amide bonds. The summed E-state index contributed by atoms with van der Waals surface area (Å²) < 4.78 is 1.92. The van der Waals surface area contributed by atoms with Crippen molar-refractivity contribution < 1.29 is 0 Å². The molecule has 0 unspecified atom stereocenters. The van der Waals surface area contributed by atoms with Gasteiger partial charge in [-0.25, -0.2) is 0 Å². The van der Waals surface area contributed by atoms with E-state index < -0.39 is 0 Å². The Hall–Kier alpha value is -3.49. The summed E-state index contributed by atoms with van der Waals surface area (Å²) in [6, 6.07) is 22.1. The van der Waals surface area contributed by atoms with Crippen molar-refractivity contribution in [1.82, 2.24) is 14.8 Å². The predicted octanol–water partition coefficient (Wildman–Crippen LogP) is 5.12. The fourth-order valence-corrected chi connectivity index (χ4v) is 3.57. The maximum absolute atomic E-state index is 9.62. The third kappa shape index (κ3) is 3.86. The summed E-state index contributed by atoms with van der Waals surface area (Å²) in [5.74, 6) is 0. The fourth-order valence-electron chi connectivity index (χ4n) is 2.84. The number of pyridine rings is 1. The molecule has 130 valence electrons. The van der Waals surface area contributed by atoms with E-state index in [0.717, 1.165) is 16.1 Å². The Kier molecular flexibility index (Phi) is 4.91. The van der Waals surface area contributed by atoms with Crippen molar-refractivity contribution in [3.8, 4) is 16.6 Å². The van der Waals surface area contributed by atoms with Crippen LogP contribution in [-0.4, -0.2) is 14.8 Å². The number of thiophene rings is 1. The molecule has 0 aliphatic rings. The van der Waals surface area contributed by atoms with Crippen LogP contribution in [0, 0.1) is 11.3 Å². The van der Waals surface area contributed by atoms with Gasteiger partial charge >= 0.3 is 0 Å². The van der Waals surface area contributed by atoms with Crippen molar-refractivity contribution in [2.75, 3.05) is 0 Å². The van der Waals surface area contributed by atoms with Gasteiger partial charge in [0.15, 0.2) is 0 Å². The highest BCUT2D eigenvalue weighted by Gasteiger charge is 2.13. The first-order valence-corrected chi connectivity index (χ1v) is 9.40. The Balaban J connectivity index is 1.77. The lowest BCUT2D eigenvalue weighted by Gasteiger charge is -2.00. The van der Waals surface area contributed by atoms with Crippen LogP contribution >= 0.6 is 11.3 Å². The minimum Gasteiger partial charge on any atom is -0.267 e. The molecule has 0 saturated heterocycles. The smallest absolute Gasteiger partial charge is 0.110 e. The van der Waals surface area contributed by atoms with E-state index in [0.29, 0.717) is 17.8 Å². The molecule has 3 aromatic heterocycles. The molecule has 0 N–H and O–H groups in total. The van der Waals surface area contributed by atoms with Gasteiger partial charge in [-0.2, -0.15) is 10.4 Å².